The molecule has 0 heterocycles. The molecule has 0 unspecified atom stereocenters. The van der Waals surface area contributed by atoms with Crippen molar-refractivity contribution in [1.82, 2.24) is 26.6 Å². The van der Waals surface area contributed by atoms with Crippen molar-refractivity contribution >= 4 is 47.6 Å². The molecule has 5 atom stereocenters. The third-order valence-electron chi connectivity index (χ3n) is 7.12. The van der Waals surface area contributed by atoms with Crippen LogP contribution in [0.1, 0.15) is 71.8 Å². The van der Waals surface area contributed by atoms with Crippen LogP contribution in [0.25, 0.3) is 0 Å². The SMILES string of the molecule is CC(C)C[C@H](NC(=O)[C@H](CCC(=O)O)NC(=O)[C@H](CC(C)C)NC(=O)[C@H](CCC(=O)O)NC(=O)[C@H](Cc1ccccc1)NC(=O)O)C(=O)O. The predicted octanol–water partition coefficient (Wildman–Crippen LogP) is 0.711. The first-order valence-electron chi connectivity index (χ1n) is 15.8. The Balaban J connectivity index is 3.27. The fraction of sp³-hybridized carbons (Fsp3) is 0.562. The molecule has 0 saturated carbocycles. The van der Waals surface area contributed by atoms with E-state index in [-0.39, 0.29) is 31.1 Å². The number of carbonyl (C=O) groups excluding carboxylic acids is 4. The van der Waals surface area contributed by atoms with Gasteiger partial charge in [0.15, 0.2) is 0 Å². The van der Waals surface area contributed by atoms with Crippen LogP contribution in [-0.2, 0) is 40.0 Å². The van der Waals surface area contributed by atoms with Crippen molar-refractivity contribution in [3.63, 3.8) is 0 Å². The van der Waals surface area contributed by atoms with Gasteiger partial charge in [-0.05, 0) is 43.1 Å². The summed E-state index contributed by atoms with van der Waals surface area (Å²) in [6.45, 7) is 6.92. The second-order valence-corrected chi connectivity index (χ2v) is 12.4. The molecule has 49 heavy (non-hydrogen) atoms. The minimum atomic E-state index is -1.53. The van der Waals surface area contributed by atoms with Gasteiger partial charge < -0.3 is 47.0 Å². The summed E-state index contributed by atoms with van der Waals surface area (Å²) >= 11 is 0. The van der Waals surface area contributed by atoms with E-state index < -0.39 is 104 Å². The van der Waals surface area contributed by atoms with Crippen molar-refractivity contribution < 1.29 is 58.8 Å². The minimum Gasteiger partial charge on any atom is -0.481 e. The Kier molecular flexibility index (Phi) is 17.8. The summed E-state index contributed by atoms with van der Waals surface area (Å²) in [5, 5.41) is 48.9. The maximum absolute atomic E-state index is 13.5. The van der Waals surface area contributed by atoms with E-state index in [0.29, 0.717) is 5.56 Å². The Morgan fingerprint density at radius 3 is 1.33 bits per heavy atom. The third-order valence-corrected chi connectivity index (χ3v) is 7.12. The average Bonchev–Trinajstić information content (AvgIpc) is 2.99. The predicted molar refractivity (Wildman–Crippen MR) is 173 cm³/mol. The Morgan fingerprint density at radius 2 is 0.918 bits per heavy atom. The molecule has 0 aromatic heterocycles. The lowest BCUT2D eigenvalue weighted by Gasteiger charge is -2.27. The van der Waals surface area contributed by atoms with Crippen molar-refractivity contribution in [3.8, 4) is 0 Å². The Morgan fingerprint density at radius 1 is 0.531 bits per heavy atom. The molecule has 0 saturated heterocycles. The molecule has 17 heteroatoms. The van der Waals surface area contributed by atoms with E-state index in [1.807, 2.05) is 0 Å². The number of carbonyl (C=O) groups is 8. The lowest BCUT2D eigenvalue weighted by Crippen LogP contribution is -2.59. The zero-order valence-electron chi connectivity index (χ0n) is 27.9. The first kappa shape index (κ1) is 41.8. The quantitative estimate of drug-likeness (QED) is 0.0812. The van der Waals surface area contributed by atoms with Gasteiger partial charge in [0.05, 0.1) is 0 Å². The van der Waals surface area contributed by atoms with Crippen LogP contribution in [0, 0.1) is 11.8 Å². The zero-order chi connectivity index (χ0) is 37.3. The highest BCUT2D eigenvalue weighted by molar-refractivity contribution is 5.96. The van der Waals surface area contributed by atoms with Crippen LogP contribution in [0.15, 0.2) is 30.3 Å². The van der Waals surface area contributed by atoms with Crippen LogP contribution < -0.4 is 26.6 Å². The summed E-state index contributed by atoms with van der Waals surface area (Å²) < 4.78 is 0. The molecule has 9 N–H and O–H groups in total. The summed E-state index contributed by atoms with van der Waals surface area (Å²) in [6, 6.07) is 1.33. The van der Waals surface area contributed by atoms with Gasteiger partial charge in [0.2, 0.25) is 23.6 Å². The number of carboxylic acids is 3. The van der Waals surface area contributed by atoms with Gasteiger partial charge in [-0.2, -0.15) is 0 Å². The Hall–Kier alpha value is -5.22. The molecular formula is C32H47N5O12. The van der Waals surface area contributed by atoms with E-state index in [2.05, 4.69) is 26.6 Å². The smallest absolute Gasteiger partial charge is 0.405 e. The third kappa shape index (κ3) is 17.0. The van der Waals surface area contributed by atoms with E-state index >= 15 is 0 Å². The van der Waals surface area contributed by atoms with Crippen molar-refractivity contribution in [3.05, 3.63) is 35.9 Å². The number of nitrogens with one attached hydrogen (secondary N) is 5. The first-order chi connectivity index (χ1) is 22.9. The molecule has 0 aliphatic heterocycles. The average molecular weight is 694 g/mol. The second kappa shape index (κ2) is 20.9. The molecule has 5 amide bonds. The Labute approximate surface area is 283 Å². The van der Waals surface area contributed by atoms with Crippen LogP contribution in [0.4, 0.5) is 4.79 Å². The maximum atomic E-state index is 13.5. The highest BCUT2D eigenvalue weighted by Crippen LogP contribution is 2.11. The van der Waals surface area contributed by atoms with Gasteiger partial charge in [0.25, 0.3) is 0 Å². The second-order valence-electron chi connectivity index (χ2n) is 12.4. The van der Waals surface area contributed by atoms with Gasteiger partial charge in [0, 0.05) is 19.3 Å². The molecule has 0 aliphatic carbocycles. The molecular weight excluding hydrogens is 646 g/mol. The summed E-state index contributed by atoms with van der Waals surface area (Å²) in [7, 11) is 0. The van der Waals surface area contributed by atoms with Crippen molar-refractivity contribution in [2.75, 3.05) is 0 Å². The highest BCUT2D eigenvalue weighted by Gasteiger charge is 2.33. The summed E-state index contributed by atoms with van der Waals surface area (Å²) in [5.74, 6) is -8.02. The minimum absolute atomic E-state index is 0.00720. The van der Waals surface area contributed by atoms with Crippen molar-refractivity contribution in [2.45, 2.75) is 103 Å². The van der Waals surface area contributed by atoms with Crippen molar-refractivity contribution in [1.29, 1.82) is 0 Å². The number of benzene rings is 1. The number of aliphatic carboxylic acids is 3. The lowest BCUT2D eigenvalue weighted by molar-refractivity contribution is -0.143. The summed E-state index contributed by atoms with van der Waals surface area (Å²) in [6.07, 6.45) is -3.52. The van der Waals surface area contributed by atoms with Crippen LogP contribution in [0.2, 0.25) is 0 Å². The van der Waals surface area contributed by atoms with E-state index in [1.165, 1.54) is 0 Å². The van der Waals surface area contributed by atoms with Crippen LogP contribution in [0.5, 0.6) is 0 Å². The molecule has 1 aromatic rings. The molecule has 0 radical (unpaired) electrons. The number of hydrogen-bond acceptors (Lipinski definition) is 8. The van der Waals surface area contributed by atoms with E-state index in [0.717, 1.165) is 0 Å². The van der Waals surface area contributed by atoms with Gasteiger partial charge in [-0.25, -0.2) is 9.59 Å². The van der Waals surface area contributed by atoms with Crippen LogP contribution >= 0.6 is 0 Å². The molecule has 0 aliphatic rings. The number of rotatable bonds is 22. The molecule has 272 valence electrons. The normalized spacial score (nSPS) is 14.0. The molecule has 0 bridgehead atoms. The summed E-state index contributed by atoms with van der Waals surface area (Å²) in [4.78, 5) is 99.1. The van der Waals surface area contributed by atoms with Gasteiger partial charge in [-0.15, -0.1) is 0 Å². The number of hydrogen-bond donors (Lipinski definition) is 9. The van der Waals surface area contributed by atoms with Crippen LogP contribution in [0.3, 0.4) is 0 Å². The largest absolute Gasteiger partial charge is 0.481 e. The van der Waals surface area contributed by atoms with E-state index in [1.54, 1.807) is 58.0 Å². The Bertz CT molecular complexity index is 1320. The lowest BCUT2D eigenvalue weighted by atomic mass is 10.00. The highest BCUT2D eigenvalue weighted by atomic mass is 16.4. The van der Waals surface area contributed by atoms with Gasteiger partial charge in [-0.1, -0.05) is 58.0 Å². The maximum Gasteiger partial charge on any atom is 0.405 e. The van der Waals surface area contributed by atoms with Gasteiger partial charge >= 0.3 is 24.0 Å². The molecule has 0 fully saturated rings. The zero-order valence-corrected chi connectivity index (χ0v) is 27.9. The fourth-order valence-electron chi connectivity index (χ4n) is 4.77. The monoisotopic (exact) mass is 693 g/mol. The molecule has 0 spiro atoms. The summed E-state index contributed by atoms with van der Waals surface area (Å²) in [5.41, 5.74) is 0.594. The van der Waals surface area contributed by atoms with Crippen molar-refractivity contribution in [2.24, 2.45) is 11.8 Å². The number of carboxylic acid groups (broad SMARTS) is 4. The van der Waals surface area contributed by atoms with Gasteiger partial charge in [0.1, 0.15) is 30.2 Å². The van der Waals surface area contributed by atoms with E-state index in [9.17, 15) is 58.8 Å². The van der Waals surface area contributed by atoms with Crippen LogP contribution in [-0.4, -0.2) is 98.3 Å². The first-order valence-corrected chi connectivity index (χ1v) is 15.8. The standard InChI is InChI=1S/C32H47N5O12/c1-17(2)14-22(29(44)33-21(11-13-26(40)41)28(43)36-24(31(46)47)15-18(3)4)35-27(42)20(10-12-25(38)39)34-30(45)23(37-32(48)49)16-19-8-6-5-7-9-19/h5-9,17-18,20-24,37H,10-16H2,1-4H3,(H,33,44)(H,34,45)(H,35,42)(H,36,43)(H,38,39)(H,40,41)(H,46,47)(H,48,49)/t20-,21-,22-,23-,24-/m0/s1. The molecule has 1 rings (SSSR count). The fourth-order valence-corrected chi connectivity index (χ4v) is 4.77. The number of amides is 5. The van der Waals surface area contributed by atoms with Gasteiger partial charge in [-0.3, -0.25) is 28.8 Å². The van der Waals surface area contributed by atoms with E-state index in [4.69, 9.17) is 0 Å². The topological polar surface area (TPSA) is 278 Å². The molecule has 1 aromatic carbocycles. The molecule has 17 nitrogen and oxygen atoms in total.